The van der Waals surface area contributed by atoms with Gasteiger partial charge in [-0.3, -0.25) is 9.48 Å². The fraction of sp³-hybridized carbons (Fsp3) is 0.381. The van der Waals surface area contributed by atoms with Crippen LogP contribution < -0.4 is 15.5 Å². The number of rotatable bonds is 6. The molecule has 1 aliphatic carbocycles. The molecule has 3 aromatic heterocycles. The minimum atomic E-state index is -0.497. The van der Waals surface area contributed by atoms with Crippen LogP contribution in [0.2, 0.25) is 0 Å². The van der Waals surface area contributed by atoms with Gasteiger partial charge in [0.2, 0.25) is 17.8 Å². The van der Waals surface area contributed by atoms with E-state index < -0.39 is 5.95 Å². The van der Waals surface area contributed by atoms with Crippen molar-refractivity contribution in [2.75, 3.05) is 22.6 Å². The highest BCUT2D eigenvalue weighted by molar-refractivity contribution is 6.03. The fourth-order valence-corrected chi connectivity index (χ4v) is 3.94. The number of hydrogen-bond donors (Lipinski definition) is 2. The summed E-state index contributed by atoms with van der Waals surface area (Å²) in [6.07, 6.45) is 7.33. The molecule has 2 N–H and O–H groups in total. The summed E-state index contributed by atoms with van der Waals surface area (Å²) in [6.45, 7) is 2.88. The Hall–Kier alpha value is -3.56. The van der Waals surface area contributed by atoms with Crippen molar-refractivity contribution in [3.05, 3.63) is 53.5 Å². The summed E-state index contributed by atoms with van der Waals surface area (Å²) in [5.41, 5.74) is 3.23. The van der Waals surface area contributed by atoms with Crippen LogP contribution >= 0.6 is 0 Å². The van der Waals surface area contributed by atoms with Crippen LogP contribution in [0.1, 0.15) is 29.7 Å². The van der Waals surface area contributed by atoms with Crippen LogP contribution in [-0.2, 0) is 17.9 Å². The summed E-state index contributed by atoms with van der Waals surface area (Å²) in [7, 11) is 1.92. The molecule has 160 valence electrons. The first-order valence-corrected chi connectivity index (χ1v) is 10.3. The van der Waals surface area contributed by atoms with Gasteiger partial charge in [-0.05, 0) is 37.3 Å². The van der Waals surface area contributed by atoms with Crippen LogP contribution in [0, 0.1) is 18.8 Å². The number of halogens is 1. The van der Waals surface area contributed by atoms with Crippen LogP contribution in [-0.4, -0.2) is 43.7 Å². The van der Waals surface area contributed by atoms with Gasteiger partial charge in [0.15, 0.2) is 5.82 Å². The maximum Gasteiger partial charge on any atom is 0.247 e. The van der Waals surface area contributed by atoms with E-state index in [0.717, 1.165) is 35.5 Å². The average molecular weight is 422 g/mol. The van der Waals surface area contributed by atoms with E-state index >= 15 is 0 Å². The standard InChI is InChI=1S/C21H23FN8O/c1-12-17-19(29(2)18(15-4-5-15)20(31)27-17)28-21(26-12)24-8-14-9-25-30(11-14)10-13-3-6-16(22)23-7-13/h3,6-7,9,11,15,18H,4-5,8,10H2,1-2H3,(H,27,31)(H,24,26,28)/t18-/m1/s1. The lowest BCUT2D eigenvalue weighted by Crippen LogP contribution is -2.48. The molecule has 1 atom stereocenters. The summed E-state index contributed by atoms with van der Waals surface area (Å²) in [5.74, 6) is 1.17. The van der Waals surface area contributed by atoms with Gasteiger partial charge in [-0.15, -0.1) is 0 Å². The molecule has 1 amide bonds. The predicted molar refractivity (Wildman–Crippen MR) is 113 cm³/mol. The number of aromatic nitrogens is 5. The summed E-state index contributed by atoms with van der Waals surface area (Å²) in [4.78, 5) is 27.3. The van der Waals surface area contributed by atoms with Gasteiger partial charge in [-0.25, -0.2) is 9.97 Å². The highest BCUT2D eigenvalue weighted by atomic mass is 19.1. The third-order valence-corrected chi connectivity index (χ3v) is 5.68. The minimum absolute atomic E-state index is 0.0219. The van der Waals surface area contributed by atoms with E-state index in [-0.39, 0.29) is 11.9 Å². The summed E-state index contributed by atoms with van der Waals surface area (Å²) in [6, 6.07) is 2.86. The van der Waals surface area contributed by atoms with Gasteiger partial charge in [0.1, 0.15) is 11.7 Å². The summed E-state index contributed by atoms with van der Waals surface area (Å²) < 4.78 is 14.7. The quantitative estimate of drug-likeness (QED) is 0.588. The van der Waals surface area contributed by atoms with Gasteiger partial charge >= 0.3 is 0 Å². The van der Waals surface area contributed by atoms with Crippen LogP contribution in [0.4, 0.5) is 21.8 Å². The Morgan fingerprint density at radius 1 is 1.23 bits per heavy atom. The average Bonchev–Trinajstić information content (AvgIpc) is 3.47. The van der Waals surface area contributed by atoms with Crippen molar-refractivity contribution in [3.63, 3.8) is 0 Å². The fourth-order valence-electron chi connectivity index (χ4n) is 3.94. The zero-order chi connectivity index (χ0) is 21.5. The molecule has 5 rings (SSSR count). The molecular weight excluding hydrogens is 399 g/mol. The normalized spacial score (nSPS) is 18.0. The Balaban J connectivity index is 1.28. The number of fused-ring (bicyclic) bond motifs is 1. The van der Waals surface area contributed by atoms with Crippen molar-refractivity contribution in [3.8, 4) is 0 Å². The van der Waals surface area contributed by atoms with Crippen molar-refractivity contribution in [1.82, 2.24) is 24.7 Å². The lowest BCUT2D eigenvalue weighted by Gasteiger charge is -2.35. The number of pyridine rings is 1. The first kappa shape index (κ1) is 19.4. The van der Waals surface area contributed by atoms with E-state index in [2.05, 4.69) is 30.7 Å². The second kappa shape index (κ2) is 7.60. The molecular formula is C21H23FN8O. The van der Waals surface area contributed by atoms with E-state index in [1.165, 1.54) is 12.3 Å². The molecule has 0 aromatic carbocycles. The Morgan fingerprint density at radius 3 is 2.81 bits per heavy atom. The number of hydrogen-bond acceptors (Lipinski definition) is 7. The number of likely N-dealkylation sites (N-methyl/N-ethyl adjacent to an activating group) is 1. The SMILES string of the molecule is Cc1nc(NCc2cnn(Cc3ccc(F)nc3)c2)nc2c1NC(=O)[C@@H](C1CC1)N2C. The topological polar surface area (TPSA) is 101 Å². The van der Waals surface area contributed by atoms with E-state index in [9.17, 15) is 9.18 Å². The largest absolute Gasteiger partial charge is 0.350 e. The van der Waals surface area contributed by atoms with Gasteiger partial charge in [-0.2, -0.15) is 14.5 Å². The number of carbonyl (C=O) groups is 1. The molecule has 9 nitrogen and oxygen atoms in total. The second-order valence-electron chi connectivity index (χ2n) is 8.10. The smallest absolute Gasteiger partial charge is 0.247 e. The number of carbonyl (C=O) groups excluding carboxylic acids is 1. The molecule has 0 bridgehead atoms. The third-order valence-electron chi connectivity index (χ3n) is 5.68. The first-order chi connectivity index (χ1) is 15.0. The van der Waals surface area contributed by atoms with Crippen molar-refractivity contribution >= 4 is 23.4 Å². The van der Waals surface area contributed by atoms with E-state index in [1.807, 2.05) is 25.1 Å². The maximum atomic E-state index is 13.0. The Kier molecular flexibility index (Phi) is 4.76. The number of aryl methyl sites for hydroxylation is 1. The first-order valence-electron chi connectivity index (χ1n) is 10.3. The Bertz CT molecular complexity index is 1120. The summed E-state index contributed by atoms with van der Waals surface area (Å²) >= 11 is 0. The molecule has 3 aromatic rings. The Labute approximate surface area is 178 Å². The molecule has 0 spiro atoms. The molecule has 4 heterocycles. The molecule has 0 saturated heterocycles. The highest BCUT2D eigenvalue weighted by Crippen LogP contribution is 2.41. The van der Waals surface area contributed by atoms with Crippen molar-refractivity contribution in [1.29, 1.82) is 0 Å². The van der Waals surface area contributed by atoms with Gasteiger partial charge < -0.3 is 15.5 Å². The molecule has 1 saturated carbocycles. The van der Waals surface area contributed by atoms with Crippen molar-refractivity contribution in [2.24, 2.45) is 5.92 Å². The molecule has 0 unspecified atom stereocenters. The third kappa shape index (κ3) is 3.92. The second-order valence-corrected chi connectivity index (χ2v) is 8.10. The molecule has 31 heavy (non-hydrogen) atoms. The van der Waals surface area contributed by atoms with Gasteiger partial charge in [0.05, 0.1) is 18.4 Å². The summed E-state index contributed by atoms with van der Waals surface area (Å²) in [5, 5.41) is 10.6. The number of amides is 1. The van der Waals surface area contributed by atoms with Crippen molar-refractivity contribution in [2.45, 2.75) is 38.9 Å². The van der Waals surface area contributed by atoms with Crippen LogP contribution in [0.5, 0.6) is 0 Å². The van der Waals surface area contributed by atoms with Crippen molar-refractivity contribution < 1.29 is 9.18 Å². The van der Waals surface area contributed by atoms with E-state index in [4.69, 9.17) is 0 Å². The van der Waals surface area contributed by atoms with Gasteiger partial charge in [0, 0.05) is 31.5 Å². The molecule has 1 aliphatic heterocycles. The predicted octanol–water partition coefficient (Wildman–Crippen LogP) is 2.34. The molecule has 2 aliphatic rings. The zero-order valence-electron chi connectivity index (χ0n) is 17.3. The highest BCUT2D eigenvalue weighted by Gasteiger charge is 2.43. The maximum absolute atomic E-state index is 13.0. The number of nitrogens with one attached hydrogen (secondary N) is 2. The molecule has 10 heteroatoms. The van der Waals surface area contributed by atoms with Gasteiger partial charge in [0.25, 0.3) is 0 Å². The van der Waals surface area contributed by atoms with Crippen LogP contribution in [0.15, 0.2) is 30.7 Å². The van der Waals surface area contributed by atoms with E-state index in [0.29, 0.717) is 30.6 Å². The van der Waals surface area contributed by atoms with Gasteiger partial charge in [-0.1, -0.05) is 6.07 Å². The molecule has 0 radical (unpaired) electrons. The number of anilines is 3. The van der Waals surface area contributed by atoms with E-state index in [1.54, 1.807) is 16.9 Å². The lowest BCUT2D eigenvalue weighted by molar-refractivity contribution is -0.118. The minimum Gasteiger partial charge on any atom is -0.350 e. The van der Waals surface area contributed by atoms with Crippen LogP contribution in [0.25, 0.3) is 0 Å². The molecule has 1 fully saturated rings. The lowest BCUT2D eigenvalue weighted by atomic mass is 10.1. The Morgan fingerprint density at radius 2 is 2.06 bits per heavy atom. The monoisotopic (exact) mass is 422 g/mol. The number of nitrogens with zero attached hydrogens (tertiary/aromatic N) is 6. The zero-order valence-corrected chi connectivity index (χ0v) is 17.3. The van der Waals surface area contributed by atoms with Crippen LogP contribution in [0.3, 0.4) is 0 Å².